The Morgan fingerprint density at radius 2 is 2.00 bits per heavy atom. The third-order valence-electron chi connectivity index (χ3n) is 2.65. The van der Waals surface area contributed by atoms with E-state index in [2.05, 4.69) is 26.2 Å². The minimum absolute atomic E-state index is 0.263. The molecule has 2 rings (SSSR count). The highest BCUT2D eigenvalue weighted by Gasteiger charge is 2.14. The number of hydrogen-bond donors (Lipinski definition) is 1. The Hall–Kier alpha value is -1.30. The predicted molar refractivity (Wildman–Crippen MR) is 87.6 cm³/mol. The number of pyridine rings is 1. The number of nitrogens with zero attached hydrogens (tertiary/aromatic N) is 1. The number of anilines is 1. The van der Waals surface area contributed by atoms with Crippen LogP contribution in [0, 0.1) is 6.92 Å². The third kappa shape index (κ3) is 3.87. The van der Waals surface area contributed by atoms with Crippen LogP contribution < -0.4 is 10.1 Å². The van der Waals surface area contributed by atoms with E-state index < -0.39 is 0 Å². The van der Waals surface area contributed by atoms with E-state index in [0.29, 0.717) is 32.2 Å². The van der Waals surface area contributed by atoms with Crippen LogP contribution in [0.25, 0.3) is 0 Å². The van der Waals surface area contributed by atoms with Crippen molar-refractivity contribution in [3.63, 3.8) is 0 Å². The summed E-state index contributed by atoms with van der Waals surface area (Å²) in [7, 11) is 1.51. The quantitative estimate of drug-likeness (QED) is 0.772. The molecule has 1 heterocycles. The van der Waals surface area contributed by atoms with Gasteiger partial charge in [-0.3, -0.25) is 4.79 Å². The van der Waals surface area contributed by atoms with Gasteiger partial charge in [0.15, 0.2) is 5.75 Å². The molecule has 1 aromatic heterocycles. The van der Waals surface area contributed by atoms with Gasteiger partial charge in [-0.15, -0.1) is 0 Å². The first-order valence-corrected chi connectivity index (χ1v) is 7.44. The van der Waals surface area contributed by atoms with E-state index >= 15 is 0 Å². The van der Waals surface area contributed by atoms with Crippen molar-refractivity contribution in [1.82, 2.24) is 4.98 Å². The molecule has 0 aliphatic heterocycles. The maximum Gasteiger partial charge on any atom is 0.255 e. The average Bonchev–Trinajstić information content (AvgIpc) is 2.37. The normalized spacial score (nSPS) is 10.3. The Morgan fingerprint density at radius 1 is 1.29 bits per heavy atom. The van der Waals surface area contributed by atoms with Crippen molar-refractivity contribution in [3.05, 3.63) is 50.2 Å². The first-order chi connectivity index (χ1) is 9.90. The number of carbonyl (C=O) groups excluding carboxylic acids is 1. The molecule has 1 N–H and O–H groups in total. The zero-order chi connectivity index (χ0) is 15.6. The highest BCUT2D eigenvalue weighted by atomic mass is 79.9. The molecule has 4 nitrogen and oxygen atoms in total. The number of aryl methyl sites for hydroxylation is 1. The molecule has 21 heavy (non-hydrogen) atoms. The van der Waals surface area contributed by atoms with Crippen molar-refractivity contribution in [1.29, 1.82) is 0 Å². The number of rotatable bonds is 3. The number of hydrogen-bond acceptors (Lipinski definition) is 3. The summed E-state index contributed by atoms with van der Waals surface area (Å²) in [5, 5.41) is 3.49. The summed E-state index contributed by atoms with van der Waals surface area (Å²) in [5.41, 5.74) is 1.53. The third-order valence-corrected chi connectivity index (χ3v) is 3.65. The molecule has 110 valence electrons. The van der Waals surface area contributed by atoms with Crippen molar-refractivity contribution in [2.24, 2.45) is 0 Å². The smallest absolute Gasteiger partial charge is 0.255 e. The Bertz CT molecular complexity index is 687. The lowest BCUT2D eigenvalue weighted by Gasteiger charge is -2.12. The first kappa shape index (κ1) is 16.1. The van der Waals surface area contributed by atoms with Gasteiger partial charge in [0.25, 0.3) is 5.91 Å². The van der Waals surface area contributed by atoms with Gasteiger partial charge in [0.05, 0.1) is 17.3 Å². The molecule has 0 spiro atoms. The highest BCUT2D eigenvalue weighted by molar-refractivity contribution is 9.10. The van der Waals surface area contributed by atoms with E-state index in [4.69, 9.17) is 27.9 Å². The molecule has 0 saturated heterocycles. The second kappa shape index (κ2) is 6.64. The van der Waals surface area contributed by atoms with Crippen LogP contribution in [0.15, 0.2) is 28.7 Å². The van der Waals surface area contributed by atoms with Crippen LogP contribution in [0.5, 0.6) is 5.75 Å². The second-order valence-electron chi connectivity index (χ2n) is 4.24. The summed E-state index contributed by atoms with van der Waals surface area (Å²) in [5.74, 6) is 0.166. The molecular formula is C14H11BrCl2N2O2. The molecule has 0 aliphatic rings. The van der Waals surface area contributed by atoms with E-state index in [1.54, 1.807) is 25.1 Å². The van der Waals surface area contributed by atoms with Gasteiger partial charge in [0.2, 0.25) is 0 Å². The Kier molecular flexibility index (Phi) is 5.08. The molecule has 0 saturated carbocycles. The zero-order valence-corrected chi connectivity index (χ0v) is 14.3. The minimum Gasteiger partial charge on any atom is -0.493 e. The number of carbonyl (C=O) groups is 1. The van der Waals surface area contributed by atoms with Crippen molar-refractivity contribution < 1.29 is 9.53 Å². The molecule has 1 aromatic carbocycles. The summed E-state index contributed by atoms with van der Waals surface area (Å²) in [6, 6.07) is 6.44. The average molecular weight is 390 g/mol. The predicted octanol–water partition coefficient (Wildman–Crippen LogP) is 4.72. The lowest BCUT2D eigenvalue weighted by atomic mass is 10.2. The van der Waals surface area contributed by atoms with Crippen LogP contribution in [0.3, 0.4) is 0 Å². The number of methoxy groups -OCH3 is 1. The molecule has 0 atom stereocenters. The van der Waals surface area contributed by atoms with Gasteiger partial charge in [-0.25, -0.2) is 4.98 Å². The van der Waals surface area contributed by atoms with Gasteiger partial charge in [0.1, 0.15) is 5.15 Å². The van der Waals surface area contributed by atoms with Gasteiger partial charge in [0, 0.05) is 16.3 Å². The molecule has 0 unspecified atom stereocenters. The zero-order valence-electron chi connectivity index (χ0n) is 11.2. The largest absolute Gasteiger partial charge is 0.493 e. The second-order valence-corrected chi connectivity index (χ2v) is 5.92. The first-order valence-electron chi connectivity index (χ1n) is 5.89. The number of nitrogens with one attached hydrogen (secondary N) is 1. The van der Waals surface area contributed by atoms with Gasteiger partial charge >= 0.3 is 0 Å². The number of ether oxygens (including phenoxy) is 1. The fraction of sp³-hybridized carbons (Fsp3) is 0.143. The summed E-state index contributed by atoms with van der Waals surface area (Å²) < 4.78 is 5.91. The number of amides is 1. The number of halogens is 3. The summed E-state index contributed by atoms with van der Waals surface area (Å²) in [4.78, 5) is 16.3. The van der Waals surface area contributed by atoms with E-state index in [-0.39, 0.29) is 11.1 Å². The number of benzene rings is 1. The van der Waals surface area contributed by atoms with Crippen LogP contribution in [0.2, 0.25) is 10.2 Å². The van der Waals surface area contributed by atoms with Crippen LogP contribution in [-0.4, -0.2) is 18.0 Å². The van der Waals surface area contributed by atoms with E-state index in [0.717, 1.165) is 0 Å². The van der Waals surface area contributed by atoms with Crippen molar-refractivity contribution in [2.75, 3.05) is 12.4 Å². The summed E-state index contributed by atoms with van der Waals surface area (Å²) in [6.07, 6.45) is 0. The lowest BCUT2D eigenvalue weighted by Crippen LogP contribution is -2.13. The monoisotopic (exact) mass is 388 g/mol. The van der Waals surface area contributed by atoms with Crippen molar-refractivity contribution >= 4 is 50.7 Å². The SMILES string of the molecule is COc1c(Br)cc(Cl)cc1NC(=O)c1cc(C)nc(Cl)c1. The van der Waals surface area contributed by atoms with E-state index in [1.165, 1.54) is 13.2 Å². The van der Waals surface area contributed by atoms with Crippen LogP contribution in [0.1, 0.15) is 16.1 Å². The molecule has 0 aliphatic carbocycles. The lowest BCUT2D eigenvalue weighted by molar-refractivity contribution is 0.102. The fourth-order valence-corrected chi connectivity index (χ4v) is 3.04. The summed E-state index contributed by atoms with van der Waals surface area (Å²) in [6.45, 7) is 1.76. The molecule has 7 heteroatoms. The van der Waals surface area contributed by atoms with Gasteiger partial charge in [-0.2, -0.15) is 0 Å². The maximum absolute atomic E-state index is 12.3. The minimum atomic E-state index is -0.324. The van der Waals surface area contributed by atoms with Crippen LogP contribution >= 0.6 is 39.1 Å². The molecule has 0 bridgehead atoms. The Labute approximate surface area is 140 Å². The highest BCUT2D eigenvalue weighted by Crippen LogP contribution is 2.36. The fourth-order valence-electron chi connectivity index (χ4n) is 1.81. The molecule has 2 aromatic rings. The van der Waals surface area contributed by atoms with Crippen LogP contribution in [-0.2, 0) is 0 Å². The summed E-state index contributed by atoms with van der Waals surface area (Å²) >= 11 is 15.2. The number of aromatic nitrogens is 1. The van der Waals surface area contributed by atoms with E-state index in [1.807, 2.05) is 0 Å². The van der Waals surface area contributed by atoms with Crippen molar-refractivity contribution in [2.45, 2.75) is 6.92 Å². The topological polar surface area (TPSA) is 51.2 Å². The molecule has 0 radical (unpaired) electrons. The maximum atomic E-state index is 12.3. The Morgan fingerprint density at radius 3 is 2.62 bits per heavy atom. The van der Waals surface area contributed by atoms with Gasteiger partial charge in [-0.1, -0.05) is 23.2 Å². The van der Waals surface area contributed by atoms with Crippen LogP contribution in [0.4, 0.5) is 5.69 Å². The van der Waals surface area contributed by atoms with E-state index in [9.17, 15) is 4.79 Å². The Balaban J connectivity index is 2.35. The molecule has 1 amide bonds. The van der Waals surface area contributed by atoms with Crippen molar-refractivity contribution in [3.8, 4) is 5.75 Å². The molecule has 0 fully saturated rings. The van der Waals surface area contributed by atoms with Gasteiger partial charge < -0.3 is 10.1 Å². The standard InChI is InChI=1S/C14H11BrCl2N2O2/c1-7-3-8(4-12(17)18-7)14(20)19-11-6-9(16)5-10(15)13(11)21-2/h3-6H,1-2H3,(H,19,20). The van der Waals surface area contributed by atoms with Gasteiger partial charge in [-0.05, 0) is 47.1 Å². The molecular weight excluding hydrogens is 379 g/mol.